The maximum Gasteiger partial charge on any atom is 0.138 e. The Morgan fingerprint density at radius 3 is 3.08 bits per heavy atom. The number of nitrogen functional groups attached to an aromatic ring is 1. The molecule has 0 amide bonds. The van der Waals surface area contributed by atoms with Gasteiger partial charge >= 0.3 is 0 Å². The second-order valence-corrected chi connectivity index (χ2v) is 2.28. The third-order valence-corrected chi connectivity index (χ3v) is 1.46. The summed E-state index contributed by atoms with van der Waals surface area (Å²) in [5.74, 6) is 1.20. The minimum absolute atomic E-state index is 0.480. The van der Waals surface area contributed by atoms with Crippen LogP contribution in [0.3, 0.4) is 0 Å². The molecular formula is C9H12N2O. The van der Waals surface area contributed by atoms with Crippen LogP contribution < -0.4 is 10.5 Å². The Bertz CT molecular complexity index is 284. The first kappa shape index (κ1) is 8.59. The van der Waals surface area contributed by atoms with Gasteiger partial charge in [0.1, 0.15) is 11.6 Å². The predicted octanol–water partition coefficient (Wildman–Crippen LogP) is 1.71. The topological polar surface area (TPSA) is 48.1 Å². The average molecular weight is 164 g/mol. The van der Waals surface area contributed by atoms with E-state index in [4.69, 9.17) is 10.5 Å². The smallest absolute Gasteiger partial charge is 0.138 e. The van der Waals surface area contributed by atoms with Gasteiger partial charge in [0.15, 0.2) is 0 Å². The molecular weight excluding hydrogens is 152 g/mol. The van der Waals surface area contributed by atoms with Crippen molar-refractivity contribution in [2.45, 2.75) is 6.92 Å². The van der Waals surface area contributed by atoms with Crippen molar-refractivity contribution in [3.8, 4) is 5.75 Å². The quantitative estimate of drug-likeness (QED) is 0.739. The van der Waals surface area contributed by atoms with E-state index in [2.05, 4.69) is 11.6 Å². The standard InChI is InChI=1S/C9H12N2O/c1-3-7-5-8(12-4-2)6-11-9(7)10/h3,5-6H,1,4H2,2H3,(H2,10,11). The Morgan fingerprint density at radius 2 is 2.50 bits per heavy atom. The lowest BCUT2D eigenvalue weighted by Crippen LogP contribution is -1.97. The molecule has 0 aromatic carbocycles. The largest absolute Gasteiger partial charge is 0.492 e. The lowest BCUT2D eigenvalue weighted by molar-refractivity contribution is 0.339. The number of hydrogen-bond acceptors (Lipinski definition) is 3. The predicted molar refractivity (Wildman–Crippen MR) is 49.9 cm³/mol. The van der Waals surface area contributed by atoms with Gasteiger partial charge in [0.25, 0.3) is 0 Å². The van der Waals surface area contributed by atoms with E-state index >= 15 is 0 Å². The summed E-state index contributed by atoms with van der Waals surface area (Å²) in [7, 11) is 0. The molecule has 1 heterocycles. The molecule has 0 saturated carbocycles. The highest BCUT2D eigenvalue weighted by molar-refractivity contribution is 5.60. The Balaban J connectivity index is 2.96. The Labute approximate surface area is 71.9 Å². The maximum atomic E-state index is 5.56. The molecule has 2 N–H and O–H groups in total. The fourth-order valence-corrected chi connectivity index (χ4v) is 0.881. The van der Waals surface area contributed by atoms with E-state index in [-0.39, 0.29) is 0 Å². The highest BCUT2D eigenvalue weighted by atomic mass is 16.5. The normalized spacial score (nSPS) is 9.42. The number of nitrogens with zero attached hydrogens (tertiary/aromatic N) is 1. The summed E-state index contributed by atoms with van der Waals surface area (Å²) in [5.41, 5.74) is 6.36. The first-order valence-electron chi connectivity index (χ1n) is 3.78. The second kappa shape index (κ2) is 3.76. The zero-order valence-corrected chi connectivity index (χ0v) is 7.08. The van der Waals surface area contributed by atoms with Crippen molar-refractivity contribution < 1.29 is 4.74 Å². The summed E-state index contributed by atoms with van der Waals surface area (Å²) in [5, 5.41) is 0. The van der Waals surface area contributed by atoms with Crippen LogP contribution in [0.4, 0.5) is 5.82 Å². The fourth-order valence-electron chi connectivity index (χ4n) is 0.881. The van der Waals surface area contributed by atoms with E-state index in [0.717, 1.165) is 11.3 Å². The molecule has 0 saturated heterocycles. The van der Waals surface area contributed by atoms with E-state index in [1.165, 1.54) is 0 Å². The van der Waals surface area contributed by atoms with E-state index in [1.54, 1.807) is 12.3 Å². The monoisotopic (exact) mass is 164 g/mol. The molecule has 3 heteroatoms. The highest BCUT2D eigenvalue weighted by Crippen LogP contribution is 2.17. The number of rotatable bonds is 3. The first-order chi connectivity index (χ1) is 5.77. The van der Waals surface area contributed by atoms with Crippen LogP contribution in [0.5, 0.6) is 5.75 Å². The lowest BCUT2D eigenvalue weighted by atomic mass is 10.2. The Kier molecular flexibility index (Phi) is 2.69. The van der Waals surface area contributed by atoms with Crippen LogP contribution in [0, 0.1) is 0 Å². The molecule has 1 aromatic rings. The molecule has 0 aliphatic heterocycles. The van der Waals surface area contributed by atoms with Crippen molar-refractivity contribution in [3.63, 3.8) is 0 Å². The van der Waals surface area contributed by atoms with Gasteiger partial charge in [0, 0.05) is 5.56 Å². The highest BCUT2D eigenvalue weighted by Gasteiger charge is 1.98. The molecule has 0 spiro atoms. The van der Waals surface area contributed by atoms with Gasteiger partial charge < -0.3 is 10.5 Å². The van der Waals surface area contributed by atoms with Crippen molar-refractivity contribution in [1.29, 1.82) is 0 Å². The van der Waals surface area contributed by atoms with Crippen LogP contribution in [0.15, 0.2) is 18.8 Å². The molecule has 0 aliphatic carbocycles. The molecule has 0 unspecified atom stereocenters. The summed E-state index contributed by atoms with van der Waals surface area (Å²) >= 11 is 0. The Hall–Kier alpha value is -1.51. The van der Waals surface area contributed by atoms with Gasteiger partial charge in [-0.15, -0.1) is 0 Å². The Morgan fingerprint density at radius 1 is 1.75 bits per heavy atom. The second-order valence-electron chi connectivity index (χ2n) is 2.28. The van der Waals surface area contributed by atoms with Crippen LogP contribution in [0.2, 0.25) is 0 Å². The van der Waals surface area contributed by atoms with E-state index < -0.39 is 0 Å². The minimum atomic E-state index is 0.480. The summed E-state index contributed by atoms with van der Waals surface area (Å²) in [6, 6.07) is 1.82. The van der Waals surface area contributed by atoms with E-state index in [1.807, 2.05) is 13.0 Å². The summed E-state index contributed by atoms with van der Waals surface area (Å²) in [4.78, 5) is 3.95. The first-order valence-corrected chi connectivity index (χ1v) is 3.78. The molecule has 1 rings (SSSR count). The van der Waals surface area contributed by atoms with Crippen molar-refractivity contribution in [2.75, 3.05) is 12.3 Å². The van der Waals surface area contributed by atoms with Crippen molar-refractivity contribution in [1.82, 2.24) is 4.98 Å². The van der Waals surface area contributed by atoms with Gasteiger partial charge in [-0.2, -0.15) is 0 Å². The van der Waals surface area contributed by atoms with Crippen molar-refractivity contribution >= 4 is 11.9 Å². The molecule has 0 bridgehead atoms. The number of nitrogens with two attached hydrogens (primary N) is 1. The number of pyridine rings is 1. The van der Waals surface area contributed by atoms with Crippen LogP contribution in [0.25, 0.3) is 6.08 Å². The van der Waals surface area contributed by atoms with Gasteiger partial charge in [0.2, 0.25) is 0 Å². The summed E-state index contributed by atoms with van der Waals surface area (Å²) in [6.45, 7) is 6.17. The molecule has 3 nitrogen and oxygen atoms in total. The number of aromatic nitrogens is 1. The van der Waals surface area contributed by atoms with Crippen LogP contribution in [-0.2, 0) is 0 Å². The fraction of sp³-hybridized carbons (Fsp3) is 0.222. The van der Waals surface area contributed by atoms with Crippen LogP contribution in [-0.4, -0.2) is 11.6 Å². The van der Waals surface area contributed by atoms with Crippen LogP contribution >= 0.6 is 0 Å². The molecule has 0 aliphatic rings. The van der Waals surface area contributed by atoms with Crippen molar-refractivity contribution in [3.05, 3.63) is 24.4 Å². The van der Waals surface area contributed by atoms with Crippen molar-refractivity contribution in [2.24, 2.45) is 0 Å². The summed E-state index contributed by atoms with van der Waals surface area (Å²) in [6.07, 6.45) is 3.26. The molecule has 1 aromatic heterocycles. The molecule has 64 valence electrons. The maximum absolute atomic E-state index is 5.56. The minimum Gasteiger partial charge on any atom is -0.492 e. The molecule has 0 atom stereocenters. The molecule has 12 heavy (non-hydrogen) atoms. The van der Waals surface area contributed by atoms with Gasteiger partial charge in [-0.1, -0.05) is 12.7 Å². The molecule has 0 fully saturated rings. The summed E-state index contributed by atoms with van der Waals surface area (Å²) < 4.78 is 5.24. The SMILES string of the molecule is C=Cc1cc(OCC)cnc1N. The van der Waals surface area contributed by atoms with E-state index in [9.17, 15) is 0 Å². The lowest BCUT2D eigenvalue weighted by Gasteiger charge is -2.04. The van der Waals surface area contributed by atoms with Gasteiger partial charge in [0.05, 0.1) is 12.8 Å². The number of anilines is 1. The van der Waals surface area contributed by atoms with Gasteiger partial charge in [-0.25, -0.2) is 4.98 Å². The number of hydrogen-bond donors (Lipinski definition) is 1. The number of ether oxygens (including phenoxy) is 1. The van der Waals surface area contributed by atoms with E-state index in [0.29, 0.717) is 12.4 Å². The van der Waals surface area contributed by atoms with Gasteiger partial charge in [-0.3, -0.25) is 0 Å². The van der Waals surface area contributed by atoms with Crippen LogP contribution in [0.1, 0.15) is 12.5 Å². The third-order valence-electron chi connectivity index (χ3n) is 1.46. The average Bonchev–Trinajstić information content (AvgIpc) is 2.09. The van der Waals surface area contributed by atoms with Gasteiger partial charge in [-0.05, 0) is 13.0 Å². The zero-order chi connectivity index (χ0) is 8.97. The third kappa shape index (κ3) is 1.75. The zero-order valence-electron chi connectivity index (χ0n) is 7.08. The molecule has 0 radical (unpaired) electrons.